The van der Waals surface area contributed by atoms with Crippen LogP contribution in [0.25, 0.3) is 21.6 Å². The van der Waals surface area contributed by atoms with Crippen LogP contribution in [0.4, 0.5) is 6.01 Å². The third-order valence-corrected chi connectivity index (χ3v) is 7.63. The number of anilines is 1. The Hall–Kier alpha value is -3.53. The second kappa shape index (κ2) is 10.5. The molecule has 1 aliphatic rings. The predicted molar refractivity (Wildman–Crippen MR) is 144 cm³/mol. The van der Waals surface area contributed by atoms with Crippen molar-refractivity contribution < 1.29 is 14.1 Å². The molecule has 0 radical (unpaired) electrons. The highest BCUT2D eigenvalue weighted by Crippen LogP contribution is 2.32. The molecule has 5 rings (SSSR count). The van der Waals surface area contributed by atoms with E-state index in [4.69, 9.17) is 14.2 Å². The molecule has 37 heavy (non-hydrogen) atoms. The average molecular weight is 521 g/mol. The minimum absolute atomic E-state index is 0.0195. The highest BCUT2D eigenvalue weighted by molar-refractivity contribution is 7.19. The first-order chi connectivity index (χ1) is 17.8. The van der Waals surface area contributed by atoms with Crippen molar-refractivity contribution in [3.05, 3.63) is 47.8 Å². The first-order valence-electron chi connectivity index (χ1n) is 12.6. The molecule has 0 spiro atoms. The Morgan fingerprint density at radius 2 is 1.78 bits per heavy atom. The molecule has 0 bridgehead atoms. The van der Waals surface area contributed by atoms with Gasteiger partial charge in [0.2, 0.25) is 0 Å². The number of nitrogens with zero attached hydrogens (tertiary/aromatic N) is 6. The molecule has 4 aromatic rings. The summed E-state index contributed by atoms with van der Waals surface area (Å²) in [6, 6.07) is 12.1. The Kier molecular flexibility index (Phi) is 7.10. The normalized spacial score (nSPS) is 15.4. The van der Waals surface area contributed by atoms with E-state index in [1.807, 2.05) is 36.4 Å². The van der Waals surface area contributed by atoms with Gasteiger partial charge in [0.15, 0.2) is 5.82 Å². The van der Waals surface area contributed by atoms with Gasteiger partial charge in [-0.05, 0) is 49.9 Å². The fourth-order valence-corrected chi connectivity index (χ4v) is 5.33. The SMILES string of the molecule is CC(C)c1noc(N2CCC(C(C)Oc3nc4ccc(-c5ccc(C(=O)N(C)C)cc5)nc4s3)CC2)n1. The number of amides is 1. The van der Waals surface area contributed by atoms with E-state index in [1.54, 1.807) is 19.0 Å². The summed E-state index contributed by atoms with van der Waals surface area (Å²) in [5, 5.41) is 4.72. The van der Waals surface area contributed by atoms with Gasteiger partial charge in [0.05, 0.1) is 5.69 Å². The maximum absolute atomic E-state index is 12.2. The van der Waals surface area contributed by atoms with Crippen LogP contribution in [0.1, 0.15) is 55.7 Å². The van der Waals surface area contributed by atoms with Gasteiger partial charge in [0.1, 0.15) is 16.5 Å². The van der Waals surface area contributed by atoms with Crippen molar-refractivity contribution in [1.29, 1.82) is 0 Å². The van der Waals surface area contributed by atoms with E-state index in [0.29, 0.717) is 22.7 Å². The molecule has 1 fully saturated rings. The lowest BCUT2D eigenvalue weighted by Crippen LogP contribution is -2.38. The van der Waals surface area contributed by atoms with Gasteiger partial charge in [0.25, 0.3) is 11.1 Å². The van der Waals surface area contributed by atoms with Crippen molar-refractivity contribution in [3.8, 4) is 16.5 Å². The molecule has 1 atom stereocenters. The van der Waals surface area contributed by atoms with E-state index in [-0.39, 0.29) is 17.9 Å². The highest BCUT2D eigenvalue weighted by atomic mass is 32.1. The zero-order chi connectivity index (χ0) is 26.1. The lowest BCUT2D eigenvalue weighted by molar-refractivity contribution is 0.0827. The third kappa shape index (κ3) is 5.44. The fraction of sp³-hybridized carbons (Fsp3) is 0.444. The molecule has 1 amide bonds. The summed E-state index contributed by atoms with van der Waals surface area (Å²) in [4.78, 5) is 30.7. The van der Waals surface area contributed by atoms with Crippen molar-refractivity contribution in [2.45, 2.75) is 45.6 Å². The van der Waals surface area contributed by atoms with E-state index < -0.39 is 0 Å². The van der Waals surface area contributed by atoms with Crippen LogP contribution >= 0.6 is 11.3 Å². The summed E-state index contributed by atoms with van der Waals surface area (Å²) in [5.41, 5.74) is 3.27. The summed E-state index contributed by atoms with van der Waals surface area (Å²) in [7, 11) is 3.49. The predicted octanol–water partition coefficient (Wildman–Crippen LogP) is 5.25. The largest absolute Gasteiger partial charge is 0.467 e. The fourth-order valence-electron chi connectivity index (χ4n) is 4.45. The number of rotatable bonds is 7. The number of pyridine rings is 1. The Labute approximate surface area is 220 Å². The number of benzene rings is 1. The van der Waals surface area contributed by atoms with Crippen LogP contribution in [0.15, 0.2) is 40.9 Å². The molecule has 0 N–H and O–H groups in total. The maximum atomic E-state index is 12.2. The molecule has 4 heterocycles. The topological polar surface area (TPSA) is 97.5 Å². The van der Waals surface area contributed by atoms with Crippen LogP contribution in [0.3, 0.4) is 0 Å². The standard InChI is InChI=1S/C27H32N6O3S/c1-16(2)23-30-26(36-31-23)33-14-12-18(13-15-33)17(3)35-27-29-22-11-10-21(28-24(22)37-27)19-6-8-20(9-7-19)25(34)32(4)5/h6-11,16-18H,12-15H2,1-5H3. The summed E-state index contributed by atoms with van der Waals surface area (Å²) in [5.74, 6) is 1.40. The highest BCUT2D eigenvalue weighted by Gasteiger charge is 2.28. The van der Waals surface area contributed by atoms with Gasteiger partial charge in [0, 0.05) is 44.2 Å². The van der Waals surface area contributed by atoms with Crippen LogP contribution in [0.2, 0.25) is 0 Å². The number of hydrogen-bond donors (Lipinski definition) is 0. The summed E-state index contributed by atoms with van der Waals surface area (Å²) >= 11 is 1.46. The van der Waals surface area contributed by atoms with E-state index in [1.165, 1.54) is 11.3 Å². The van der Waals surface area contributed by atoms with Gasteiger partial charge in [-0.15, -0.1) is 0 Å². The van der Waals surface area contributed by atoms with E-state index >= 15 is 0 Å². The van der Waals surface area contributed by atoms with Crippen molar-refractivity contribution in [1.82, 2.24) is 25.0 Å². The Morgan fingerprint density at radius 1 is 1.05 bits per heavy atom. The number of carbonyl (C=O) groups is 1. The zero-order valence-electron chi connectivity index (χ0n) is 21.8. The first kappa shape index (κ1) is 25.1. The van der Waals surface area contributed by atoms with Crippen molar-refractivity contribution in [2.75, 3.05) is 32.1 Å². The summed E-state index contributed by atoms with van der Waals surface area (Å²) in [6.07, 6.45) is 2.01. The molecule has 3 aromatic heterocycles. The molecular formula is C27H32N6O3S. The van der Waals surface area contributed by atoms with Crippen LogP contribution < -0.4 is 9.64 Å². The zero-order valence-corrected chi connectivity index (χ0v) is 22.7. The number of fused-ring (bicyclic) bond motifs is 1. The Bertz CT molecular complexity index is 1370. The molecule has 0 saturated carbocycles. The molecule has 1 unspecified atom stereocenters. The molecule has 194 valence electrons. The lowest BCUT2D eigenvalue weighted by Gasteiger charge is -2.33. The summed E-state index contributed by atoms with van der Waals surface area (Å²) < 4.78 is 11.7. The number of piperidine rings is 1. The number of hydrogen-bond acceptors (Lipinski definition) is 9. The number of aromatic nitrogens is 4. The van der Waals surface area contributed by atoms with Crippen molar-refractivity contribution in [2.24, 2.45) is 5.92 Å². The lowest BCUT2D eigenvalue weighted by atomic mass is 9.92. The molecule has 10 heteroatoms. The van der Waals surface area contributed by atoms with Gasteiger partial charge in [-0.25, -0.2) is 9.97 Å². The number of ether oxygens (including phenoxy) is 1. The van der Waals surface area contributed by atoms with Crippen molar-refractivity contribution in [3.63, 3.8) is 0 Å². The van der Waals surface area contributed by atoms with E-state index in [0.717, 1.165) is 53.4 Å². The van der Waals surface area contributed by atoms with Gasteiger partial charge in [-0.1, -0.05) is 42.5 Å². The van der Waals surface area contributed by atoms with Gasteiger partial charge in [-0.3, -0.25) is 4.79 Å². The average Bonchev–Trinajstić information content (AvgIpc) is 3.55. The van der Waals surface area contributed by atoms with Gasteiger partial charge >= 0.3 is 6.01 Å². The minimum atomic E-state index is -0.0195. The molecule has 0 aliphatic carbocycles. The molecule has 1 aliphatic heterocycles. The second-order valence-electron chi connectivity index (χ2n) is 10.0. The number of carbonyl (C=O) groups excluding carboxylic acids is 1. The second-order valence-corrected chi connectivity index (χ2v) is 11.0. The minimum Gasteiger partial charge on any atom is -0.467 e. The van der Waals surface area contributed by atoms with Crippen LogP contribution in [-0.2, 0) is 0 Å². The monoisotopic (exact) mass is 520 g/mol. The molecule has 1 saturated heterocycles. The smallest absolute Gasteiger partial charge is 0.324 e. The first-order valence-corrected chi connectivity index (χ1v) is 13.4. The van der Waals surface area contributed by atoms with Crippen LogP contribution in [-0.4, -0.2) is 64.2 Å². The summed E-state index contributed by atoms with van der Waals surface area (Å²) in [6.45, 7) is 7.96. The van der Waals surface area contributed by atoms with Gasteiger partial charge < -0.3 is 19.1 Å². The Morgan fingerprint density at radius 3 is 2.43 bits per heavy atom. The van der Waals surface area contributed by atoms with Crippen LogP contribution in [0.5, 0.6) is 5.19 Å². The van der Waals surface area contributed by atoms with E-state index in [9.17, 15) is 4.79 Å². The third-order valence-electron chi connectivity index (χ3n) is 6.78. The molecule has 9 nitrogen and oxygen atoms in total. The molecular weight excluding hydrogens is 488 g/mol. The number of thiazole rings is 1. The maximum Gasteiger partial charge on any atom is 0.324 e. The van der Waals surface area contributed by atoms with E-state index in [2.05, 4.69) is 40.8 Å². The van der Waals surface area contributed by atoms with Gasteiger partial charge in [-0.2, -0.15) is 4.98 Å². The van der Waals surface area contributed by atoms with Crippen molar-refractivity contribution >= 4 is 33.6 Å². The van der Waals surface area contributed by atoms with Crippen LogP contribution in [0, 0.1) is 5.92 Å². The molecule has 1 aromatic carbocycles. The Balaban J connectivity index is 1.21. The quantitative estimate of drug-likeness (QED) is 0.326.